The molecule has 0 spiro atoms. The van der Waals surface area contributed by atoms with Crippen LogP contribution in [-0.2, 0) is 17.6 Å². The van der Waals surface area contributed by atoms with Crippen molar-refractivity contribution in [2.75, 3.05) is 11.9 Å². The molecule has 0 unspecified atom stereocenters. The zero-order valence-electron chi connectivity index (χ0n) is 12.1. The van der Waals surface area contributed by atoms with Crippen molar-refractivity contribution in [3.05, 3.63) is 39.8 Å². The van der Waals surface area contributed by atoms with Crippen molar-refractivity contribution in [3.8, 4) is 0 Å². The van der Waals surface area contributed by atoms with Gasteiger partial charge in [0.1, 0.15) is 0 Å². The summed E-state index contributed by atoms with van der Waals surface area (Å²) in [7, 11) is 0. The first-order valence-electron chi connectivity index (χ1n) is 6.95. The fourth-order valence-electron chi connectivity index (χ4n) is 2.14. The number of hydrogen-bond donors (Lipinski definition) is 2. The van der Waals surface area contributed by atoms with Gasteiger partial charge in [-0.05, 0) is 25.1 Å². The number of aromatic nitrogens is 2. The molecule has 2 heterocycles. The van der Waals surface area contributed by atoms with E-state index in [9.17, 15) is 4.79 Å². The van der Waals surface area contributed by atoms with Crippen molar-refractivity contribution in [2.45, 2.75) is 19.8 Å². The highest BCUT2D eigenvalue weighted by molar-refractivity contribution is 7.22. The SMILES string of the molecule is Cc1cccc2sc(NC(=O)Cc3csc(CCN)n3)nc12. The van der Waals surface area contributed by atoms with E-state index in [1.54, 1.807) is 11.3 Å². The molecule has 0 aliphatic heterocycles. The van der Waals surface area contributed by atoms with E-state index in [4.69, 9.17) is 5.73 Å². The van der Waals surface area contributed by atoms with Crippen LogP contribution in [0.1, 0.15) is 16.3 Å². The Kier molecular flexibility index (Phi) is 4.47. The normalized spacial score (nSPS) is 11.0. The average molecular weight is 332 g/mol. The zero-order chi connectivity index (χ0) is 15.5. The summed E-state index contributed by atoms with van der Waals surface area (Å²) in [6, 6.07) is 6.02. The van der Waals surface area contributed by atoms with Crippen molar-refractivity contribution in [1.82, 2.24) is 9.97 Å². The number of fused-ring (bicyclic) bond motifs is 1. The van der Waals surface area contributed by atoms with Crippen LogP contribution in [0.4, 0.5) is 5.13 Å². The van der Waals surface area contributed by atoms with E-state index < -0.39 is 0 Å². The van der Waals surface area contributed by atoms with Crippen LogP contribution < -0.4 is 11.1 Å². The third-order valence-electron chi connectivity index (χ3n) is 3.17. The molecule has 2 aromatic heterocycles. The molecule has 0 aliphatic carbocycles. The Labute approximate surface area is 136 Å². The Morgan fingerprint density at radius 2 is 2.23 bits per heavy atom. The Morgan fingerprint density at radius 1 is 1.36 bits per heavy atom. The van der Waals surface area contributed by atoms with Crippen molar-refractivity contribution in [3.63, 3.8) is 0 Å². The largest absolute Gasteiger partial charge is 0.330 e. The smallest absolute Gasteiger partial charge is 0.232 e. The van der Waals surface area contributed by atoms with E-state index in [0.717, 1.165) is 32.9 Å². The molecular weight excluding hydrogens is 316 g/mol. The minimum atomic E-state index is -0.0960. The van der Waals surface area contributed by atoms with Gasteiger partial charge in [0.05, 0.1) is 27.3 Å². The summed E-state index contributed by atoms with van der Waals surface area (Å²) in [5, 5.41) is 6.37. The van der Waals surface area contributed by atoms with Gasteiger partial charge >= 0.3 is 0 Å². The van der Waals surface area contributed by atoms with Crippen molar-refractivity contribution < 1.29 is 4.79 Å². The first-order chi connectivity index (χ1) is 10.7. The highest BCUT2D eigenvalue weighted by atomic mass is 32.1. The predicted molar refractivity (Wildman–Crippen MR) is 91.6 cm³/mol. The number of carbonyl (C=O) groups excluding carboxylic acids is 1. The second-order valence-corrected chi connectivity index (χ2v) is 6.91. The Morgan fingerprint density at radius 3 is 3.00 bits per heavy atom. The number of nitrogens with two attached hydrogens (primary N) is 1. The maximum absolute atomic E-state index is 12.1. The summed E-state index contributed by atoms with van der Waals surface area (Å²) in [4.78, 5) is 21.0. The second-order valence-electron chi connectivity index (χ2n) is 4.94. The molecule has 5 nitrogen and oxygen atoms in total. The predicted octanol–water partition coefficient (Wildman–Crippen LogP) is 2.74. The van der Waals surface area contributed by atoms with Crippen LogP contribution in [0.5, 0.6) is 0 Å². The van der Waals surface area contributed by atoms with Gasteiger partial charge in [0.25, 0.3) is 0 Å². The van der Waals surface area contributed by atoms with Gasteiger partial charge < -0.3 is 11.1 Å². The molecule has 3 rings (SSSR count). The number of hydrogen-bond acceptors (Lipinski definition) is 6. The third-order valence-corrected chi connectivity index (χ3v) is 5.06. The summed E-state index contributed by atoms with van der Waals surface area (Å²) in [6.45, 7) is 2.59. The average Bonchev–Trinajstić information content (AvgIpc) is 3.06. The number of rotatable bonds is 5. The van der Waals surface area contributed by atoms with Gasteiger partial charge in [-0.3, -0.25) is 4.79 Å². The monoisotopic (exact) mass is 332 g/mol. The van der Waals surface area contributed by atoms with Gasteiger partial charge in [0.2, 0.25) is 5.91 Å². The molecule has 7 heteroatoms. The molecule has 3 aromatic rings. The van der Waals surface area contributed by atoms with E-state index in [2.05, 4.69) is 15.3 Å². The molecule has 1 amide bonds. The number of amides is 1. The summed E-state index contributed by atoms with van der Waals surface area (Å²) < 4.78 is 1.08. The molecule has 114 valence electrons. The summed E-state index contributed by atoms with van der Waals surface area (Å²) in [6.07, 6.45) is 1.01. The molecular formula is C15H16N4OS2. The van der Waals surface area contributed by atoms with Crippen LogP contribution >= 0.6 is 22.7 Å². The number of aryl methyl sites for hydroxylation is 1. The van der Waals surface area contributed by atoms with E-state index >= 15 is 0 Å². The van der Waals surface area contributed by atoms with Crippen molar-refractivity contribution in [1.29, 1.82) is 0 Å². The van der Waals surface area contributed by atoms with Gasteiger partial charge in [-0.25, -0.2) is 9.97 Å². The van der Waals surface area contributed by atoms with Gasteiger partial charge in [-0.1, -0.05) is 23.5 Å². The van der Waals surface area contributed by atoms with Crippen LogP contribution in [0.3, 0.4) is 0 Å². The minimum absolute atomic E-state index is 0.0960. The lowest BCUT2D eigenvalue weighted by Gasteiger charge is -1.98. The van der Waals surface area contributed by atoms with Gasteiger partial charge in [0.15, 0.2) is 5.13 Å². The summed E-state index contributed by atoms with van der Waals surface area (Å²) >= 11 is 3.03. The fraction of sp³-hybridized carbons (Fsp3) is 0.267. The highest BCUT2D eigenvalue weighted by Gasteiger charge is 2.11. The van der Waals surface area contributed by atoms with Crippen molar-refractivity contribution >= 4 is 43.9 Å². The molecule has 0 fully saturated rings. The molecule has 0 atom stereocenters. The number of thiazole rings is 2. The van der Waals surface area contributed by atoms with Crippen molar-refractivity contribution in [2.24, 2.45) is 5.73 Å². The van der Waals surface area contributed by atoms with E-state index in [0.29, 0.717) is 11.7 Å². The molecule has 1 aromatic carbocycles. The van der Waals surface area contributed by atoms with Crippen LogP contribution in [0, 0.1) is 6.92 Å². The van der Waals surface area contributed by atoms with Gasteiger partial charge in [0, 0.05) is 11.8 Å². The Hall–Kier alpha value is -1.83. The maximum Gasteiger partial charge on any atom is 0.232 e. The van der Waals surface area contributed by atoms with Gasteiger partial charge in [-0.15, -0.1) is 11.3 Å². The standard InChI is InChI=1S/C15H16N4OS2/c1-9-3-2-4-11-14(9)19-15(22-11)18-12(20)7-10-8-21-13(17-10)5-6-16/h2-4,8H,5-7,16H2,1H3,(H,18,19,20). The maximum atomic E-state index is 12.1. The number of benzene rings is 1. The Bertz CT molecular complexity index is 809. The molecule has 0 bridgehead atoms. The number of carbonyl (C=O) groups is 1. The number of anilines is 1. The topological polar surface area (TPSA) is 80.9 Å². The minimum Gasteiger partial charge on any atom is -0.330 e. The molecule has 0 radical (unpaired) electrons. The Balaban J connectivity index is 1.68. The lowest BCUT2D eigenvalue weighted by molar-refractivity contribution is -0.115. The van der Waals surface area contributed by atoms with E-state index in [1.807, 2.05) is 30.5 Å². The van der Waals surface area contributed by atoms with Crippen LogP contribution in [0.2, 0.25) is 0 Å². The number of nitrogens with zero attached hydrogens (tertiary/aromatic N) is 2. The molecule has 0 saturated heterocycles. The molecule has 3 N–H and O–H groups in total. The number of nitrogens with one attached hydrogen (secondary N) is 1. The van der Waals surface area contributed by atoms with Crippen LogP contribution in [0.25, 0.3) is 10.2 Å². The first-order valence-corrected chi connectivity index (χ1v) is 8.64. The van der Waals surface area contributed by atoms with E-state index in [1.165, 1.54) is 11.3 Å². The van der Waals surface area contributed by atoms with Crippen LogP contribution in [0.15, 0.2) is 23.6 Å². The van der Waals surface area contributed by atoms with E-state index in [-0.39, 0.29) is 12.3 Å². The summed E-state index contributed by atoms with van der Waals surface area (Å²) in [5.74, 6) is -0.0960. The molecule has 0 saturated carbocycles. The first kappa shape index (κ1) is 15.1. The zero-order valence-corrected chi connectivity index (χ0v) is 13.8. The van der Waals surface area contributed by atoms with Gasteiger partial charge in [-0.2, -0.15) is 0 Å². The molecule has 0 aliphatic rings. The summed E-state index contributed by atoms with van der Waals surface area (Å²) in [5.41, 5.74) is 8.34. The van der Waals surface area contributed by atoms with Crippen LogP contribution in [-0.4, -0.2) is 22.4 Å². The highest BCUT2D eigenvalue weighted by Crippen LogP contribution is 2.27. The molecule has 22 heavy (non-hydrogen) atoms. The second kappa shape index (κ2) is 6.51. The lowest BCUT2D eigenvalue weighted by Crippen LogP contribution is -2.14. The fourth-order valence-corrected chi connectivity index (χ4v) is 3.91. The third kappa shape index (κ3) is 3.32. The number of para-hydroxylation sites is 1. The quantitative estimate of drug-likeness (QED) is 0.753. The lowest BCUT2D eigenvalue weighted by atomic mass is 10.2.